The number of rotatable bonds is 3. The van der Waals surface area contributed by atoms with Gasteiger partial charge in [0.05, 0.1) is 25.1 Å². The smallest absolute Gasteiger partial charge is 0.321 e. The third kappa shape index (κ3) is 3.90. The minimum Gasteiger partial charge on any atom is -0.454 e. The Labute approximate surface area is 174 Å². The molecule has 0 bridgehead atoms. The van der Waals surface area contributed by atoms with Gasteiger partial charge in [-0.15, -0.1) is 5.10 Å². The predicted molar refractivity (Wildman–Crippen MR) is 110 cm³/mol. The van der Waals surface area contributed by atoms with E-state index in [4.69, 9.17) is 14.2 Å². The highest BCUT2D eigenvalue weighted by atomic mass is 16.7. The van der Waals surface area contributed by atoms with E-state index in [0.717, 1.165) is 37.7 Å². The number of anilines is 3. The zero-order valence-corrected chi connectivity index (χ0v) is 16.6. The summed E-state index contributed by atoms with van der Waals surface area (Å²) in [4.78, 5) is 18.9. The van der Waals surface area contributed by atoms with Gasteiger partial charge < -0.3 is 34.2 Å². The van der Waals surface area contributed by atoms with Crippen LogP contribution in [0.5, 0.6) is 11.5 Å². The molecular weight excluding hydrogens is 388 g/mol. The number of amides is 2. The number of benzene rings is 1. The molecule has 30 heavy (non-hydrogen) atoms. The van der Waals surface area contributed by atoms with Crippen LogP contribution in [0.3, 0.4) is 0 Å². The van der Waals surface area contributed by atoms with E-state index in [1.165, 1.54) is 0 Å². The van der Waals surface area contributed by atoms with Crippen molar-refractivity contribution in [1.29, 1.82) is 0 Å². The molecule has 2 amide bonds. The normalized spacial score (nSPS) is 18.5. The molecule has 2 fully saturated rings. The van der Waals surface area contributed by atoms with Crippen molar-refractivity contribution in [2.75, 3.05) is 74.4 Å². The Morgan fingerprint density at radius 1 is 0.933 bits per heavy atom. The minimum atomic E-state index is -0.115. The Balaban J connectivity index is 1.17. The molecule has 4 heterocycles. The topological polar surface area (TPSA) is 92.3 Å². The zero-order valence-electron chi connectivity index (χ0n) is 16.6. The van der Waals surface area contributed by atoms with Crippen LogP contribution in [0.2, 0.25) is 0 Å². The summed E-state index contributed by atoms with van der Waals surface area (Å²) in [5, 5.41) is 11.4. The Hall–Kier alpha value is -3.27. The van der Waals surface area contributed by atoms with Crippen LogP contribution < -0.4 is 24.6 Å². The largest absolute Gasteiger partial charge is 0.454 e. The highest BCUT2D eigenvalue weighted by Crippen LogP contribution is 2.34. The summed E-state index contributed by atoms with van der Waals surface area (Å²) in [7, 11) is 0. The van der Waals surface area contributed by atoms with E-state index in [2.05, 4.69) is 31.4 Å². The maximum atomic E-state index is 12.7. The molecule has 10 nitrogen and oxygen atoms in total. The summed E-state index contributed by atoms with van der Waals surface area (Å²) in [6.45, 7) is 6.03. The number of hydrogen-bond donors (Lipinski definition) is 1. The Bertz CT molecular complexity index is 912. The molecule has 0 aliphatic carbocycles. The number of aromatic nitrogens is 2. The molecule has 5 rings (SSSR count). The van der Waals surface area contributed by atoms with Crippen molar-refractivity contribution in [3.05, 3.63) is 30.5 Å². The van der Waals surface area contributed by atoms with Crippen molar-refractivity contribution >= 4 is 23.2 Å². The molecule has 158 valence electrons. The number of morpholine rings is 1. The SMILES string of the molecule is O=C(Nc1ccc2c(c1)OCO2)N1CCN(c2cnnc(N3CCOCC3)c2)CC1. The fourth-order valence-corrected chi connectivity index (χ4v) is 3.81. The summed E-state index contributed by atoms with van der Waals surface area (Å²) in [5.41, 5.74) is 1.72. The summed E-state index contributed by atoms with van der Waals surface area (Å²) >= 11 is 0. The Morgan fingerprint density at radius 3 is 2.57 bits per heavy atom. The number of piperazine rings is 1. The van der Waals surface area contributed by atoms with E-state index >= 15 is 0 Å². The fraction of sp³-hybridized carbons (Fsp3) is 0.450. The van der Waals surface area contributed by atoms with E-state index in [-0.39, 0.29) is 12.8 Å². The van der Waals surface area contributed by atoms with Crippen molar-refractivity contribution < 1.29 is 19.0 Å². The monoisotopic (exact) mass is 412 g/mol. The predicted octanol–water partition coefficient (Wildman–Crippen LogP) is 1.40. The second kappa shape index (κ2) is 8.23. The van der Waals surface area contributed by atoms with Crippen molar-refractivity contribution in [2.45, 2.75) is 0 Å². The number of ether oxygens (including phenoxy) is 3. The first-order valence-electron chi connectivity index (χ1n) is 10.1. The maximum Gasteiger partial charge on any atom is 0.321 e. The number of nitrogens with one attached hydrogen (secondary N) is 1. The van der Waals surface area contributed by atoms with Crippen LogP contribution in [0.25, 0.3) is 0 Å². The summed E-state index contributed by atoms with van der Waals surface area (Å²) in [6.07, 6.45) is 1.78. The fourth-order valence-electron chi connectivity index (χ4n) is 3.81. The number of nitrogens with zero attached hydrogens (tertiary/aromatic N) is 5. The third-order valence-corrected chi connectivity index (χ3v) is 5.52. The third-order valence-electron chi connectivity index (χ3n) is 5.52. The van der Waals surface area contributed by atoms with Gasteiger partial charge >= 0.3 is 6.03 Å². The molecule has 1 aromatic heterocycles. The average Bonchev–Trinajstić information content (AvgIpc) is 3.28. The van der Waals surface area contributed by atoms with Gasteiger partial charge in [-0.05, 0) is 12.1 Å². The summed E-state index contributed by atoms with van der Waals surface area (Å²) in [6, 6.07) is 7.36. The second-order valence-electron chi connectivity index (χ2n) is 7.34. The van der Waals surface area contributed by atoms with Gasteiger partial charge in [-0.1, -0.05) is 0 Å². The molecule has 10 heteroatoms. The maximum absolute atomic E-state index is 12.7. The van der Waals surface area contributed by atoms with Gasteiger partial charge in [0.25, 0.3) is 0 Å². The highest BCUT2D eigenvalue weighted by molar-refractivity contribution is 5.90. The molecular formula is C20H24N6O4. The lowest BCUT2D eigenvalue weighted by Crippen LogP contribution is -2.50. The zero-order chi connectivity index (χ0) is 20.3. The standard InChI is InChI=1S/C20H24N6O4/c27-20(22-15-1-2-17-18(11-15)30-14-29-17)26-5-3-24(4-6-26)16-12-19(23-21-13-16)25-7-9-28-10-8-25/h1-2,11-13H,3-10,14H2,(H,22,27). The molecule has 3 aliphatic rings. The lowest BCUT2D eigenvalue weighted by Gasteiger charge is -2.36. The van der Waals surface area contributed by atoms with Crippen LogP contribution in [0.15, 0.2) is 30.5 Å². The van der Waals surface area contributed by atoms with E-state index in [0.29, 0.717) is 43.5 Å². The molecule has 1 aromatic carbocycles. The summed E-state index contributed by atoms with van der Waals surface area (Å²) < 4.78 is 16.1. The van der Waals surface area contributed by atoms with Crippen LogP contribution in [-0.4, -0.2) is 80.4 Å². The van der Waals surface area contributed by atoms with Gasteiger partial charge in [0.2, 0.25) is 6.79 Å². The van der Waals surface area contributed by atoms with Crippen molar-refractivity contribution in [3.8, 4) is 11.5 Å². The van der Waals surface area contributed by atoms with E-state index in [1.54, 1.807) is 18.3 Å². The van der Waals surface area contributed by atoms with Crippen molar-refractivity contribution in [3.63, 3.8) is 0 Å². The Morgan fingerprint density at radius 2 is 1.73 bits per heavy atom. The number of hydrogen-bond acceptors (Lipinski definition) is 8. The molecule has 1 N–H and O–H groups in total. The average molecular weight is 412 g/mol. The molecule has 0 unspecified atom stereocenters. The molecule has 0 radical (unpaired) electrons. The van der Waals surface area contributed by atoms with Crippen LogP contribution >= 0.6 is 0 Å². The summed E-state index contributed by atoms with van der Waals surface area (Å²) in [5.74, 6) is 2.22. The van der Waals surface area contributed by atoms with Crippen LogP contribution in [0.4, 0.5) is 22.0 Å². The van der Waals surface area contributed by atoms with Crippen LogP contribution in [0, 0.1) is 0 Å². The minimum absolute atomic E-state index is 0.115. The molecule has 2 saturated heterocycles. The number of carbonyl (C=O) groups is 1. The lowest BCUT2D eigenvalue weighted by molar-refractivity contribution is 0.122. The lowest BCUT2D eigenvalue weighted by atomic mass is 10.2. The number of carbonyl (C=O) groups excluding carboxylic acids is 1. The quantitative estimate of drug-likeness (QED) is 0.809. The van der Waals surface area contributed by atoms with Crippen LogP contribution in [-0.2, 0) is 4.74 Å². The first-order valence-corrected chi connectivity index (χ1v) is 10.1. The number of fused-ring (bicyclic) bond motifs is 1. The van der Waals surface area contributed by atoms with Gasteiger partial charge in [0, 0.05) is 57.1 Å². The molecule has 3 aliphatic heterocycles. The van der Waals surface area contributed by atoms with Crippen molar-refractivity contribution in [2.24, 2.45) is 0 Å². The van der Waals surface area contributed by atoms with Crippen molar-refractivity contribution in [1.82, 2.24) is 15.1 Å². The number of urea groups is 1. The van der Waals surface area contributed by atoms with Gasteiger partial charge in [0.1, 0.15) is 0 Å². The van der Waals surface area contributed by atoms with Gasteiger partial charge in [-0.3, -0.25) is 0 Å². The second-order valence-corrected chi connectivity index (χ2v) is 7.34. The van der Waals surface area contributed by atoms with Gasteiger partial charge in [-0.2, -0.15) is 5.10 Å². The Kier molecular flexibility index (Phi) is 5.14. The molecule has 0 saturated carbocycles. The van der Waals surface area contributed by atoms with Gasteiger partial charge in [-0.25, -0.2) is 4.79 Å². The molecule has 0 atom stereocenters. The molecule has 2 aromatic rings. The van der Waals surface area contributed by atoms with E-state index in [9.17, 15) is 4.79 Å². The first kappa shape index (κ1) is 18.7. The first-order chi connectivity index (χ1) is 14.8. The molecule has 0 spiro atoms. The van der Waals surface area contributed by atoms with Crippen LogP contribution in [0.1, 0.15) is 0 Å². The van der Waals surface area contributed by atoms with E-state index < -0.39 is 0 Å². The highest BCUT2D eigenvalue weighted by Gasteiger charge is 2.23. The van der Waals surface area contributed by atoms with Gasteiger partial charge in [0.15, 0.2) is 17.3 Å². The van der Waals surface area contributed by atoms with E-state index in [1.807, 2.05) is 11.0 Å².